The number of anilines is 2. The van der Waals surface area contributed by atoms with Crippen LogP contribution >= 0.6 is 27.5 Å². The SMILES string of the molecule is Cc1cc(NC(=O)c2cnc(NN)c(Cl)c2)ncc1Br. The van der Waals surface area contributed by atoms with Crippen molar-refractivity contribution < 1.29 is 4.79 Å². The van der Waals surface area contributed by atoms with Crippen LogP contribution in [0, 0.1) is 6.92 Å². The van der Waals surface area contributed by atoms with Crippen LogP contribution in [0.25, 0.3) is 0 Å². The Morgan fingerprint density at radius 1 is 1.35 bits per heavy atom. The molecule has 0 aromatic carbocycles. The van der Waals surface area contributed by atoms with E-state index in [1.165, 1.54) is 12.3 Å². The zero-order valence-electron chi connectivity index (χ0n) is 10.4. The number of hydrazine groups is 1. The van der Waals surface area contributed by atoms with Crippen molar-refractivity contribution in [3.8, 4) is 0 Å². The number of aryl methyl sites for hydroxylation is 1. The third kappa shape index (κ3) is 3.24. The molecule has 0 aliphatic heterocycles. The first kappa shape index (κ1) is 14.7. The average molecular weight is 357 g/mol. The van der Waals surface area contributed by atoms with Gasteiger partial charge in [-0.2, -0.15) is 0 Å². The van der Waals surface area contributed by atoms with Crippen LogP contribution in [0.1, 0.15) is 15.9 Å². The molecule has 0 spiro atoms. The molecule has 0 saturated heterocycles. The molecule has 0 bridgehead atoms. The van der Waals surface area contributed by atoms with E-state index in [1.807, 2.05) is 6.92 Å². The molecule has 0 atom stereocenters. The van der Waals surface area contributed by atoms with Gasteiger partial charge in [-0.05, 0) is 40.5 Å². The summed E-state index contributed by atoms with van der Waals surface area (Å²) in [4.78, 5) is 20.1. The minimum atomic E-state index is -0.350. The number of carbonyl (C=O) groups is 1. The molecule has 2 aromatic heterocycles. The van der Waals surface area contributed by atoms with Gasteiger partial charge in [0.15, 0.2) is 5.82 Å². The van der Waals surface area contributed by atoms with Gasteiger partial charge in [-0.1, -0.05) is 11.6 Å². The number of halogens is 2. The maximum Gasteiger partial charge on any atom is 0.258 e. The Labute approximate surface area is 128 Å². The van der Waals surface area contributed by atoms with Crippen LogP contribution in [0.5, 0.6) is 0 Å². The van der Waals surface area contributed by atoms with E-state index in [-0.39, 0.29) is 10.9 Å². The highest BCUT2D eigenvalue weighted by Crippen LogP contribution is 2.20. The summed E-state index contributed by atoms with van der Waals surface area (Å²) in [6.45, 7) is 1.90. The summed E-state index contributed by atoms with van der Waals surface area (Å²) < 4.78 is 0.874. The molecule has 0 saturated carbocycles. The maximum atomic E-state index is 12.0. The minimum absolute atomic E-state index is 0.264. The van der Waals surface area contributed by atoms with Crippen molar-refractivity contribution in [1.82, 2.24) is 9.97 Å². The lowest BCUT2D eigenvalue weighted by atomic mass is 10.2. The van der Waals surface area contributed by atoms with Crippen LogP contribution in [0.3, 0.4) is 0 Å². The molecule has 0 fully saturated rings. The molecule has 2 aromatic rings. The summed E-state index contributed by atoms with van der Waals surface area (Å²) >= 11 is 9.26. The number of nitrogens with zero attached hydrogens (tertiary/aromatic N) is 2. The van der Waals surface area contributed by atoms with Crippen molar-refractivity contribution in [2.45, 2.75) is 6.92 Å². The van der Waals surface area contributed by atoms with E-state index in [0.29, 0.717) is 17.2 Å². The molecule has 0 aliphatic carbocycles. The molecule has 2 heterocycles. The number of pyridine rings is 2. The second kappa shape index (κ2) is 6.17. The van der Waals surface area contributed by atoms with Gasteiger partial charge >= 0.3 is 0 Å². The zero-order valence-corrected chi connectivity index (χ0v) is 12.8. The molecule has 4 N–H and O–H groups in total. The van der Waals surface area contributed by atoms with Crippen molar-refractivity contribution in [2.24, 2.45) is 5.84 Å². The summed E-state index contributed by atoms with van der Waals surface area (Å²) in [5, 5.41) is 2.93. The van der Waals surface area contributed by atoms with E-state index < -0.39 is 0 Å². The topological polar surface area (TPSA) is 92.9 Å². The number of amides is 1. The van der Waals surface area contributed by atoms with Crippen molar-refractivity contribution >= 4 is 45.1 Å². The first-order valence-corrected chi connectivity index (χ1v) is 6.74. The Balaban J connectivity index is 2.19. The largest absolute Gasteiger partial charge is 0.307 e. The fourth-order valence-corrected chi connectivity index (χ4v) is 1.90. The Bertz CT molecular complexity index is 664. The van der Waals surface area contributed by atoms with Crippen LogP contribution in [0.4, 0.5) is 11.6 Å². The third-order valence-electron chi connectivity index (χ3n) is 2.53. The van der Waals surface area contributed by atoms with E-state index in [9.17, 15) is 4.79 Å². The van der Waals surface area contributed by atoms with E-state index in [4.69, 9.17) is 17.4 Å². The Hall–Kier alpha value is -1.70. The summed E-state index contributed by atoms with van der Waals surface area (Å²) in [5.74, 6) is 5.63. The standard InChI is InChI=1S/C12H11BrClN5O/c1-6-2-10(16-5-8(6)13)18-12(20)7-3-9(14)11(19-15)17-4-7/h2-5H,15H2,1H3,(H,17,19)(H,16,18,20). The quantitative estimate of drug-likeness (QED) is 0.581. The number of hydrogen-bond donors (Lipinski definition) is 3. The molecular weight excluding hydrogens is 346 g/mol. The summed E-state index contributed by atoms with van der Waals surface area (Å²) in [6.07, 6.45) is 3.00. The van der Waals surface area contributed by atoms with Crippen molar-refractivity contribution in [3.05, 3.63) is 45.1 Å². The lowest BCUT2D eigenvalue weighted by Crippen LogP contribution is -2.15. The Morgan fingerprint density at radius 3 is 2.70 bits per heavy atom. The fraction of sp³-hybridized carbons (Fsp3) is 0.0833. The first-order valence-electron chi connectivity index (χ1n) is 5.57. The highest BCUT2D eigenvalue weighted by atomic mass is 79.9. The lowest BCUT2D eigenvalue weighted by molar-refractivity contribution is 0.102. The Morgan fingerprint density at radius 2 is 2.10 bits per heavy atom. The number of rotatable bonds is 3. The van der Waals surface area contributed by atoms with Gasteiger partial charge in [0.25, 0.3) is 5.91 Å². The molecule has 104 valence electrons. The Kier molecular flexibility index (Phi) is 4.53. The van der Waals surface area contributed by atoms with Crippen molar-refractivity contribution in [2.75, 3.05) is 10.7 Å². The average Bonchev–Trinajstić information content (AvgIpc) is 2.42. The fourth-order valence-electron chi connectivity index (χ4n) is 1.46. The number of aromatic nitrogens is 2. The zero-order chi connectivity index (χ0) is 14.7. The summed E-state index contributed by atoms with van der Waals surface area (Å²) in [7, 11) is 0. The van der Waals surface area contributed by atoms with Crippen LogP contribution in [0.2, 0.25) is 5.02 Å². The van der Waals surface area contributed by atoms with Crippen LogP contribution in [-0.2, 0) is 0 Å². The maximum absolute atomic E-state index is 12.0. The lowest BCUT2D eigenvalue weighted by Gasteiger charge is -2.07. The second-order valence-corrected chi connectivity index (χ2v) is 5.23. The van der Waals surface area contributed by atoms with Crippen LogP contribution < -0.4 is 16.6 Å². The molecule has 0 radical (unpaired) electrons. The number of carbonyl (C=O) groups excluding carboxylic acids is 1. The third-order valence-corrected chi connectivity index (χ3v) is 3.65. The molecule has 6 nitrogen and oxygen atoms in total. The van der Waals surface area contributed by atoms with Gasteiger partial charge in [0.2, 0.25) is 0 Å². The van der Waals surface area contributed by atoms with Gasteiger partial charge in [0.1, 0.15) is 5.82 Å². The van der Waals surface area contributed by atoms with Gasteiger partial charge in [0.05, 0.1) is 10.6 Å². The first-order chi connectivity index (χ1) is 9.51. The van der Waals surface area contributed by atoms with Gasteiger partial charge in [-0.3, -0.25) is 4.79 Å². The van der Waals surface area contributed by atoms with Gasteiger partial charge in [-0.15, -0.1) is 0 Å². The molecular formula is C12H11BrClN5O. The van der Waals surface area contributed by atoms with Gasteiger partial charge in [0, 0.05) is 16.9 Å². The predicted molar refractivity (Wildman–Crippen MR) is 81.7 cm³/mol. The van der Waals surface area contributed by atoms with Gasteiger partial charge < -0.3 is 10.7 Å². The van der Waals surface area contributed by atoms with E-state index >= 15 is 0 Å². The number of hydrogen-bond acceptors (Lipinski definition) is 5. The normalized spacial score (nSPS) is 10.2. The monoisotopic (exact) mass is 355 g/mol. The van der Waals surface area contributed by atoms with E-state index in [0.717, 1.165) is 10.0 Å². The predicted octanol–water partition coefficient (Wildman–Crippen LogP) is 2.74. The number of nitrogens with one attached hydrogen (secondary N) is 2. The highest BCUT2D eigenvalue weighted by Gasteiger charge is 2.11. The van der Waals surface area contributed by atoms with Crippen molar-refractivity contribution in [3.63, 3.8) is 0 Å². The summed E-state index contributed by atoms with van der Waals surface area (Å²) in [5.41, 5.74) is 3.62. The van der Waals surface area contributed by atoms with Crippen LogP contribution in [-0.4, -0.2) is 15.9 Å². The second-order valence-electron chi connectivity index (χ2n) is 3.97. The number of nitrogen functional groups attached to an aromatic ring is 1. The van der Waals surface area contributed by atoms with Crippen molar-refractivity contribution in [1.29, 1.82) is 0 Å². The molecule has 2 rings (SSSR count). The van der Waals surface area contributed by atoms with Crippen LogP contribution in [0.15, 0.2) is 29.0 Å². The minimum Gasteiger partial charge on any atom is -0.307 e. The molecule has 8 heteroatoms. The highest BCUT2D eigenvalue weighted by molar-refractivity contribution is 9.10. The van der Waals surface area contributed by atoms with E-state index in [1.54, 1.807) is 12.3 Å². The molecule has 20 heavy (non-hydrogen) atoms. The van der Waals surface area contributed by atoms with E-state index in [2.05, 4.69) is 36.6 Å². The molecule has 0 aliphatic rings. The smallest absolute Gasteiger partial charge is 0.258 e. The number of nitrogens with two attached hydrogens (primary N) is 1. The molecule has 0 unspecified atom stereocenters. The summed E-state index contributed by atoms with van der Waals surface area (Å²) in [6, 6.07) is 3.23. The molecule has 1 amide bonds. The van der Waals surface area contributed by atoms with Gasteiger partial charge in [-0.25, -0.2) is 15.8 Å².